The number of aliphatic hydroxyl groups excluding tert-OH is 1. The molecule has 0 radical (unpaired) electrons. The zero-order valence-electron chi connectivity index (χ0n) is 7.67. The highest BCUT2D eigenvalue weighted by atomic mass is 19.4. The highest BCUT2D eigenvalue weighted by molar-refractivity contribution is 5.24. The van der Waals surface area contributed by atoms with E-state index in [0.717, 1.165) is 19.2 Å². The van der Waals surface area contributed by atoms with Crippen molar-refractivity contribution >= 4 is 0 Å². The van der Waals surface area contributed by atoms with Gasteiger partial charge in [0.1, 0.15) is 0 Å². The third-order valence-electron chi connectivity index (χ3n) is 1.52. The van der Waals surface area contributed by atoms with Crippen molar-refractivity contribution in [2.45, 2.75) is 12.7 Å². The molecule has 0 heterocycles. The minimum absolute atomic E-state index is 0.262. The van der Waals surface area contributed by atoms with Gasteiger partial charge in [-0.3, -0.25) is 0 Å². The second kappa shape index (κ2) is 5.62. The van der Waals surface area contributed by atoms with E-state index in [0.29, 0.717) is 5.56 Å². The summed E-state index contributed by atoms with van der Waals surface area (Å²) in [6, 6.07) is 4.82. The molecule has 0 aliphatic carbocycles. The van der Waals surface area contributed by atoms with Gasteiger partial charge in [0.05, 0.1) is 5.56 Å². The average molecular weight is 207 g/mol. The molecule has 2 nitrogen and oxygen atoms in total. The van der Waals surface area contributed by atoms with Crippen LogP contribution in [0.1, 0.15) is 11.1 Å². The first-order chi connectivity index (χ1) is 6.54. The van der Waals surface area contributed by atoms with Gasteiger partial charge in [-0.05, 0) is 17.7 Å². The molecule has 80 valence electrons. The van der Waals surface area contributed by atoms with Crippen LogP contribution in [0.15, 0.2) is 24.3 Å². The molecule has 0 spiro atoms. The average Bonchev–Trinajstić information content (AvgIpc) is 2.20. The van der Waals surface area contributed by atoms with Gasteiger partial charge in [0, 0.05) is 13.7 Å². The number of rotatable bonds is 1. The first-order valence-corrected chi connectivity index (χ1v) is 3.85. The van der Waals surface area contributed by atoms with Crippen molar-refractivity contribution in [3.63, 3.8) is 0 Å². The molecule has 3 N–H and O–H groups in total. The fourth-order valence-corrected chi connectivity index (χ4v) is 0.830. The molecule has 0 saturated heterocycles. The Hall–Kier alpha value is -1.07. The van der Waals surface area contributed by atoms with E-state index < -0.39 is 11.7 Å². The Bertz CT molecular complexity index is 256. The molecule has 0 aliphatic rings. The molecule has 0 aromatic heterocycles. The van der Waals surface area contributed by atoms with Gasteiger partial charge in [0.2, 0.25) is 0 Å². The summed E-state index contributed by atoms with van der Waals surface area (Å²) < 4.78 is 36.0. The van der Waals surface area contributed by atoms with Gasteiger partial charge in [0.15, 0.2) is 0 Å². The lowest BCUT2D eigenvalue weighted by molar-refractivity contribution is -0.137. The number of nitrogens with two attached hydrogens (primary N) is 1. The van der Waals surface area contributed by atoms with Crippen molar-refractivity contribution in [2.75, 3.05) is 7.11 Å². The topological polar surface area (TPSA) is 46.2 Å². The maximum absolute atomic E-state index is 12.0. The molecule has 14 heavy (non-hydrogen) atoms. The standard InChI is InChI=1S/C8H8F3N.CH4O/c9-8(10,11)7-3-1-6(5-12)2-4-7;1-2/h1-4H,5,12H2;2H,1H3. The smallest absolute Gasteiger partial charge is 0.400 e. The van der Waals surface area contributed by atoms with Crippen molar-refractivity contribution < 1.29 is 18.3 Å². The van der Waals surface area contributed by atoms with Crippen LogP contribution in [0.5, 0.6) is 0 Å². The van der Waals surface area contributed by atoms with Crippen LogP contribution >= 0.6 is 0 Å². The van der Waals surface area contributed by atoms with Crippen LogP contribution in [-0.4, -0.2) is 12.2 Å². The lowest BCUT2D eigenvalue weighted by atomic mass is 10.1. The largest absolute Gasteiger partial charge is 0.416 e. The molecule has 0 amide bonds. The molecule has 0 unspecified atom stereocenters. The molecule has 0 saturated carbocycles. The maximum atomic E-state index is 12.0. The molecular formula is C9H12F3NO. The number of hydrogen-bond donors (Lipinski definition) is 2. The fraction of sp³-hybridized carbons (Fsp3) is 0.333. The van der Waals surface area contributed by atoms with E-state index >= 15 is 0 Å². The third kappa shape index (κ3) is 3.76. The van der Waals surface area contributed by atoms with Crippen LogP contribution in [0.2, 0.25) is 0 Å². The second-order valence-electron chi connectivity index (χ2n) is 2.40. The van der Waals surface area contributed by atoms with E-state index in [1.54, 1.807) is 0 Å². The highest BCUT2D eigenvalue weighted by Crippen LogP contribution is 2.28. The van der Waals surface area contributed by atoms with E-state index in [1.165, 1.54) is 12.1 Å². The molecule has 0 bridgehead atoms. The summed E-state index contributed by atoms with van der Waals surface area (Å²) in [7, 11) is 1.00. The minimum Gasteiger partial charge on any atom is -0.400 e. The quantitative estimate of drug-likeness (QED) is 0.737. The van der Waals surface area contributed by atoms with Crippen LogP contribution in [0, 0.1) is 0 Å². The van der Waals surface area contributed by atoms with E-state index in [-0.39, 0.29) is 6.54 Å². The predicted molar refractivity (Wildman–Crippen MR) is 47.5 cm³/mol. The number of benzene rings is 1. The van der Waals surface area contributed by atoms with Crippen molar-refractivity contribution in [2.24, 2.45) is 5.73 Å². The third-order valence-corrected chi connectivity index (χ3v) is 1.52. The molecule has 0 aliphatic heterocycles. The van der Waals surface area contributed by atoms with E-state index in [4.69, 9.17) is 10.8 Å². The summed E-state index contributed by atoms with van der Waals surface area (Å²) in [4.78, 5) is 0. The highest BCUT2D eigenvalue weighted by Gasteiger charge is 2.29. The summed E-state index contributed by atoms with van der Waals surface area (Å²) in [5.41, 5.74) is 5.29. The van der Waals surface area contributed by atoms with Gasteiger partial charge < -0.3 is 10.8 Å². The minimum atomic E-state index is -4.26. The lowest BCUT2D eigenvalue weighted by Crippen LogP contribution is -2.05. The van der Waals surface area contributed by atoms with Crippen LogP contribution < -0.4 is 5.73 Å². The Morgan fingerprint density at radius 3 is 1.86 bits per heavy atom. The molecule has 0 atom stereocenters. The van der Waals surface area contributed by atoms with Crippen LogP contribution in [0.4, 0.5) is 13.2 Å². The van der Waals surface area contributed by atoms with E-state index in [1.807, 2.05) is 0 Å². The SMILES string of the molecule is CO.NCc1ccc(C(F)(F)F)cc1. The predicted octanol–water partition coefficient (Wildman–Crippen LogP) is 1.77. The van der Waals surface area contributed by atoms with Gasteiger partial charge >= 0.3 is 6.18 Å². The summed E-state index contributed by atoms with van der Waals surface area (Å²) >= 11 is 0. The summed E-state index contributed by atoms with van der Waals surface area (Å²) in [5.74, 6) is 0. The van der Waals surface area contributed by atoms with Crippen LogP contribution in [0.3, 0.4) is 0 Å². The van der Waals surface area contributed by atoms with Gasteiger partial charge in [0.25, 0.3) is 0 Å². The fourth-order valence-electron chi connectivity index (χ4n) is 0.830. The summed E-state index contributed by atoms with van der Waals surface area (Å²) in [6.07, 6.45) is -4.26. The molecule has 1 aromatic carbocycles. The lowest BCUT2D eigenvalue weighted by Gasteiger charge is -2.06. The first kappa shape index (κ1) is 12.9. The monoisotopic (exact) mass is 207 g/mol. The van der Waals surface area contributed by atoms with Crippen molar-refractivity contribution in [1.29, 1.82) is 0 Å². The van der Waals surface area contributed by atoms with Crippen LogP contribution in [-0.2, 0) is 12.7 Å². The van der Waals surface area contributed by atoms with Crippen molar-refractivity contribution in [3.8, 4) is 0 Å². The number of hydrogen-bond acceptors (Lipinski definition) is 2. The van der Waals surface area contributed by atoms with Gasteiger partial charge in [-0.25, -0.2) is 0 Å². The summed E-state index contributed by atoms with van der Waals surface area (Å²) in [6.45, 7) is 0.262. The Morgan fingerprint density at radius 1 is 1.14 bits per heavy atom. The van der Waals surface area contributed by atoms with Gasteiger partial charge in [-0.2, -0.15) is 13.2 Å². The Balaban J connectivity index is 0.000000791. The summed E-state index contributed by atoms with van der Waals surface area (Å²) in [5, 5.41) is 7.00. The second-order valence-corrected chi connectivity index (χ2v) is 2.40. The molecule has 1 aromatic rings. The first-order valence-electron chi connectivity index (χ1n) is 3.85. The van der Waals surface area contributed by atoms with Gasteiger partial charge in [-0.1, -0.05) is 12.1 Å². The maximum Gasteiger partial charge on any atom is 0.416 e. The zero-order valence-corrected chi connectivity index (χ0v) is 7.67. The van der Waals surface area contributed by atoms with E-state index in [2.05, 4.69) is 0 Å². The molecular weight excluding hydrogens is 195 g/mol. The number of aliphatic hydroxyl groups is 1. The van der Waals surface area contributed by atoms with Crippen LogP contribution in [0.25, 0.3) is 0 Å². The molecule has 1 rings (SSSR count). The van der Waals surface area contributed by atoms with E-state index in [9.17, 15) is 13.2 Å². The number of halogens is 3. The van der Waals surface area contributed by atoms with Crippen molar-refractivity contribution in [3.05, 3.63) is 35.4 Å². The Labute approximate surface area is 80.2 Å². The zero-order chi connectivity index (χ0) is 11.2. The molecule has 5 heteroatoms. The Kier molecular flexibility index (Phi) is 5.19. The normalized spacial score (nSPS) is 10.4. The van der Waals surface area contributed by atoms with Crippen molar-refractivity contribution in [1.82, 2.24) is 0 Å². The van der Waals surface area contributed by atoms with Gasteiger partial charge in [-0.15, -0.1) is 0 Å². The number of alkyl halides is 3. The molecule has 0 fully saturated rings. The Morgan fingerprint density at radius 2 is 1.57 bits per heavy atom.